The molecule has 1 heterocycles. The number of nitrogens with zero attached hydrogens (tertiary/aromatic N) is 1. The second kappa shape index (κ2) is 6.00. The van der Waals surface area contributed by atoms with Crippen LogP contribution in [0, 0.1) is 0 Å². The third-order valence-corrected chi connectivity index (χ3v) is 2.53. The van der Waals surface area contributed by atoms with Crippen LogP contribution >= 0.6 is 15.9 Å². The molecule has 0 fully saturated rings. The molecule has 1 atom stereocenters. The number of carboxylic acids is 1. The lowest BCUT2D eigenvalue weighted by molar-refractivity contribution is -0.175. The Labute approximate surface area is 114 Å². The van der Waals surface area contributed by atoms with Gasteiger partial charge in [-0.1, -0.05) is 0 Å². The molecule has 1 aromatic rings. The van der Waals surface area contributed by atoms with Gasteiger partial charge < -0.3 is 10.4 Å². The first-order valence-corrected chi connectivity index (χ1v) is 5.70. The molecule has 2 N–H and O–H groups in total. The van der Waals surface area contributed by atoms with Gasteiger partial charge in [-0.25, -0.2) is 4.79 Å². The first-order valence-electron chi connectivity index (χ1n) is 4.91. The molecular weight excluding hydrogens is 333 g/mol. The van der Waals surface area contributed by atoms with E-state index in [2.05, 4.69) is 20.9 Å². The molecule has 1 aromatic heterocycles. The number of hydrogen-bond donors (Lipinski definition) is 2. The highest BCUT2D eigenvalue weighted by Gasteiger charge is 2.40. The molecule has 9 heteroatoms. The largest absolute Gasteiger partial charge is 0.480 e. The van der Waals surface area contributed by atoms with Crippen molar-refractivity contribution in [2.75, 3.05) is 0 Å². The van der Waals surface area contributed by atoms with Crippen molar-refractivity contribution in [1.29, 1.82) is 0 Å². The summed E-state index contributed by atoms with van der Waals surface area (Å²) in [7, 11) is 0. The average Bonchev–Trinajstić information content (AvgIpc) is 2.29. The van der Waals surface area contributed by atoms with Crippen LogP contribution in [0.25, 0.3) is 0 Å². The number of rotatable bonds is 4. The topological polar surface area (TPSA) is 79.3 Å². The lowest BCUT2D eigenvalue weighted by Crippen LogP contribution is -2.48. The van der Waals surface area contributed by atoms with Crippen molar-refractivity contribution in [3.63, 3.8) is 0 Å². The summed E-state index contributed by atoms with van der Waals surface area (Å²) in [5, 5.41) is 10.2. The average molecular weight is 341 g/mol. The molecule has 0 bridgehead atoms. The second-order valence-electron chi connectivity index (χ2n) is 3.53. The number of carbonyl (C=O) groups excluding carboxylic acids is 1. The number of pyridine rings is 1. The van der Waals surface area contributed by atoms with E-state index in [-0.39, 0.29) is 12.1 Å². The van der Waals surface area contributed by atoms with E-state index in [4.69, 9.17) is 5.11 Å². The molecule has 19 heavy (non-hydrogen) atoms. The predicted octanol–water partition coefficient (Wildman–Crippen LogP) is 1.52. The molecule has 0 spiro atoms. The molecule has 0 unspecified atom stereocenters. The summed E-state index contributed by atoms with van der Waals surface area (Å²) < 4.78 is 36.8. The summed E-state index contributed by atoms with van der Waals surface area (Å²) in [5.41, 5.74) is 0.248. The Morgan fingerprint density at radius 1 is 1.42 bits per heavy atom. The van der Waals surface area contributed by atoms with Gasteiger partial charge in [-0.05, 0) is 28.1 Å². The van der Waals surface area contributed by atoms with Crippen LogP contribution in [0.15, 0.2) is 22.8 Å². The SMILES string of the molecule is O=C(O)[C@H](Cc1ccc(Br)cn1)NC(=O)C(F)(F)F. The van der Waals surface area contributed by atoms with E-state index >= 15 is 0 Å². The standard InChI is InChI=1S/C10H8BrF3N2O3/c11-5-1-2-6(15-4-5)3-7(8(17)18)16-9(19)10(12,13)14/h1-2,4,7H,3H2,(H,16,19)(H,17,18)/t7-/m0/s1. The first kappa shape index (κ1) is 15.4. The maximum atomic E-state index is 12.0. The van der Waals surface area contributed by atoms with Crippen molar-refractivity contribution < 1.29 is 27.9 Å². The summed E-state index contributed by atoms with van der Waals surface area (Å²) in [5.74, 6) is -3.86. The zero-order valence-corrected chi connectivity index (χ0v) is 10.8. The number of hydrogen-bond acceptors (Lipinski definition) is 3. The Kier molecular flexibility index (Phi) is 4.87. The van der Waals surface area contributed by atoms with Crippen molar-refractivity contribution in [1.82, 2.24) is 10.3 Å². The van der Waals surface area contributed by atoms with Gasteiger partial charge in [0.05, 0.1) is 0 Å². The summed E-state index contributed by atoms with van der Waals surface area (Å²) in [4.78, 5) is 25.3. The zero-order chi connectivity index (χ0) is 14.6. The van der Waals surface area contributed by atoms with Crippen LogP contribution in [0.1, 0.15) is 5.69 Å². The van der Waals surface area contributed by atoms with E-state index in [1.165, 1.54) is 17.6 Å². The van der Waals surface area contributed by atoms with Gasteiger partial charge >= 0.3 is 18.1 Å². The quantitative estimate of drug-likeness (QED) is 0.870. The summed E-state index contributed by atoms with van der Waals surface area (Å²) in [6.45, 7) is 0. The van der Waals surface area contributed by atoms with E-state index < -0.39 is 24.1 Å². The number of alkyl halides is 3. The van der Waals surface area contributed by atoms with Gasteiger partial charge in [-0.3, -0.25) is 9.78 Å². The molecule has 0 aliphatic rings. The molecule has 0 saturated heterocycles. The third-order valence-electron chi connectivity index (χ3n) is 2.06. The van der Waals surface area contributed by atoms with Crippen LogP contribution in [-0.2, 0) is 16.0 Å². The maximum Gasteiger partial charge on any atom is 0.471 e. The van der Waals surface area contributed by atoms with Crippen molar-refractivity contribution in [2.45, 2.75) is 18.6 Å². The molecule has 1 rings (SSSR count). The number of aromatic nitrogens is 1. The van der Waals surface area contributed by atoms with E-state index in [0.717, 1.165) is 0 Å². The highest BCUT2D eigenvalue weighted by atomic mass is 79.9. The number of halogens is 4. The monoisotopic (exact) mass is 340 g/mol. The van der Waals surface area contributed by atoms with E-state index in [9.17, 15) is 22.8 Å². The van der Waals surface area contributed by atoms with Gasteiger partial charge in [0, 0.05) is 22.8 Å². The molecule has 1 amide bonds. The van der Waals surface area contributed by atoms with Gasteiger partial charge in [0.15, 0.2) is 0 Å². The minimum atomic E-state index is -5.12. The molecule has 5 nitrogen and oxygen atoms in total. The van der Waals surface area contributed by atoms with Gasteiger partial charge in [0.1, 0.15) is 6.04 Å². The molecule has 0 saturated carbocycles. The minimum Gasteiger partial charge on any atom is -0.480 e. The van der Waals surface area contributed by atoms with Crippen LogP contribution in [-0.4, -0.2) is 34.2 Å². The number of carbonyl (C=O) groups is 2. The number of amides is 1. The summed E-state index contributed by atoms with van der Waals surface area (Å²) in [6.07, 6.45) is -4.09. The second-order valence-corrected chi connectivity index (χ2v) is 4.45. The smallest absolute Gasteiger partial charge is 0.471 e. The molecule has 0 aliphatic carbocycles. The lowest BCUT2D eigenvalue weighted by atomic mass is 10.1. The molecule has 104 valence electrons. The molecule has 0 radical (unpaired) electrons. The molecule has 0 aromatic carbocycles. The van der Waals surface area contributed by atoms with Gasteiger partial charge in [0.2, 0.25) is 0 Å². The van der Waals surface area contributed by atoms with Crippen molar-refractivity contribution in [3.05, 3.63) is 28.5 Å². The number of nitrogens with one attached hydrogen (secondary N) is 1. The van der Waals surface area contributed by atoms with Crippen LogP contribution < -0.4 is 5.32 Å². The fourth-order valence-electron chi connectivity index (χ4n) is 1.18. The van der Waals surface area contributed by atoms with E-state index in [1.54, 1.807) is 6.07 Å². The Bertz CT molecular complexity index is 476. The minimum absolute atomic E-state index is 0.248. The third kappa shape index (κ3) is 4.86. The Morgan fingerprint density at radius 3 is 2.47 bits per heavy atom. The summed E-state index contributed by atoms with van der Waals surface area (Å²) in [6, 6.07) is 1.31. The zero-order valence-electron chi connectivity index (χ0n) is 9.24. The highest BCUT2D eigenvalue weighted by Crippen LogP contribution is 2.15. The highest BCUT2D eigenvalue weighted by molar-refractivity contribution is 9.10. The Morgan fingerprint density at radius 2 is 2.05 bits per heavy atom. The molecule has 0 aliphatic heterocycles. The van der Waals surface area contributed by atoms with Crippen molar-refractivity contribution >= 4 is 27.8 Å². The van der Waals surface area contributed by atoms with Crippen LogP contribution in [0.5, 0.6) is 0 Å². The van der Waals surface area contributed by atoms with Gasteiger partial charge in [-0.2, -0.15) is 13.2 Å². The van der Waals surface area contributed by atoms with E-state index in [1.807, 2.05) is 0 Å². The first-order chi connectivity index (χ1) is 8.70. The Hall–Kier alpha value is -1.64. The number of carboxylic acid groups (broad SMARTS) is 1. The molecular formula is C10H8BrF3N2O3. The Balaban J connectivity index is 2.77. The maximum absolute atomic E-state index is 12.0. The van der Waals surface area contributed by atoms with Crippen molar-refractivity contribution in [3.8, 4) is 0 Å². The van der Waals surface area contributed by atoms with E-state index in [0.29, 0.717) is 4.47 Å². The lowest BCUT2D eigenvalue weighted by Gasteiger charge is -2.15. The fraction of sp³-hybridized carbons (Fsp3) is 0.300. The van der Waals surface area contributed by atoms with Crippen LogP contribution in [0.2, 0.25) is 0 Å². The van der Waals surface area contributed by atoms with Gasteiger partial charge in [0.25, 0.3) is 0 Å². The summed E-state index contributed by atoms with van der Waals surface area (Å²) >= 11 is 3.11. The van der Waals surface area contributed by atoms with Crippen LogP contribution in [0.3, 0.4) is 0 Å². The van der Waals surface area contributed by atoms with Crippen LogP contribution in [0.4, 0.5) is 13.2 Å². The fourth-order valence-corrected chi connectivity index (χ4v) is 1.41. The van der Waals surface area contributed by atoms with Gasteiger partial charge in [-0.15, -0.1) is 0 Å². The predicted molar refractivity (Wildman–Crippen MR) is 61.3 cm³/mol. The van der Waals surface area contributed by atoms with Crippen molar-refractivity contribution in [2.24, 2.45) is 0 Å². The number of aliphatic carboxylic acids is 1. The normalized spacial score (nSPS) is 12.8.